The summed E-state index contributed by atoms with van der Waals surface area (Å²) in [7, 11) is 1.88. The second-order valence-corrected chi connectivity index (χ2v) is 7.72. The fraction of sp³-hybridized carbons (Fsp3) is 0.941. The molecule has 1 heterocycles. The molecule has 0 aromatic carbocycles. The Morgan fingerprint density at radius 3 is 2.77 bits per heavy atom. The Labute approximate surface area is 140 Å². The number of hydrogen-bond acceptors (Lipinski definition) is 3. The van der Waals surface area contributed by atoms with Gasteiger partial charge in [0.2, 0.25) is 0 Å². The van der Waals surface area contributed by atoms with E-state index in [0.717, 1.165) is 18.4 Å². The first-order chi connectivity index (χ1) is 10.8. The molecule has 128 valence electrons. The summed E-state index contributed by atoms with van der Waals surface area (Å²) in [6.07, 6.45) is 11.7. The lowest BCUT2D eigenvalue weighted by molar-refractivity contribution is 0.275. The van der Waals surface area contributed by atoms with Gasteiger partial charge in [0, 0.05) is 39.3 Å². The van der Waals surface area contributed by atoms with Crippen molar-refractivity contribution in [1.29, 1.82) is 0 Å². The minimum atomic E-state index is 0.568. The van der Waals surface area contributed by atoms with Crippen molar-refractivity contribution in [3.63, 3.8) is 0 Å². The molecule has 2 N–H and O–H groups in total. The molecule has 2 fully saturated rings. The van der Waals surface area contributed by atoms with Crippen LogP contribution in [-0.2, 0) is 0 Å². The number of guanidine groups is 1. The molecule has 1 aliphatic heterocycles. The molecule has 4 nitrogen and oxygen atoms in total. The van der Waals surface area contributed by atoms with Crippen molar-refractivity contribution in [2.24, 2.45) is 10.9 Å². The lowest BCUT2D eigenvalue weighted by Crippen LogP contribution is -2.45. The summed E-state index contributed by atoms with van der Waals surface area (Å²) >= 11 is 1.93. The molecule has 1 saturated carbocycles. The zero-order chi connectivity index (χ0) is 15.6. The molecular weight excluding hydrogens is 292 g/mol. The second kappa shape index (κ2) is 10.4. The molecule has 0 amide bonds. The van der Waals surface area contributed by atoms with Crippen LogP contribution in [0.15, 0.2) is 4.99 Å². The second-order valence-electron chi connectivity index (χ2n) is 6.74. The van der Waals surface area contributed by atoms with Crippen molar-refractivity contribution in [2.45, 2.75) is 51.0 Å². The van der Waals surface area contributed by atoms with Crippen molar-refractivity contribution in [3.8, 4) is 0 Å². The lowest BCUT2D eigenvalue weighted by Gasteiger charge is -2.21. The third kappa shape index (κ3) is 6.37. The normalized spacial score (nSPS) is 24.1. The first-order valence-electron chi connectivity index (χ1n) is 9.00. The van der Waals surface area contributed by atoms with Gasteiger partial charge in [-0.25, -0.2) is 0 Å². The Morgan fingerprint density at radius 1 is 1.23 bits per heavy atom. The van der Waals surface area contributed by atoms with E-state index >= 15 is 0 Å². The molecular formula is C17H34N4S. The Kier molecular flexibility index (Phi) is 8.45. The third-order valence-electron chi connectivity index (χ3n) is 4.90. The van der Waals surface area contributed by atoms with Crippen LogP contribution in [0.5, 0.6) is 0 Å². The van der Waals surface area contributed by atoms with E-state index in [1.165, 1.54) is 70.3 Å². The van der Waals surface area contributed by atoms with Gasteiger partial charge in [0.05, 0.1) is 0 Å². The minimum Gasteiger partial charge on any atom is -0.356 e. The summed E-state index contributed by atoms with van der Waals surface area (Å²) in [4.78, 5) is 7.02. The summed E-state index contributed by atoms with van der Waals surface area (Å²) < 4.78 is 0. The topological polar surface area (TPSA) is 39.7 Å². The van der Waals surface area contributed by atoms with Gasteiger partial charge >= 0.3 is 0 Å². The van der Waals surface area contributed by atoms with Gasteiger partial charge in [-0.1, -0.05) is 12.8 Å². The van der Waals surface area contributed by atoms with Crippen molar-refractivity contribution < 1.29 is 0 Å². The zero-order valence-corrected chi connectivity index (χ0v) is 15.3. The van der Waals surface area contributed by atoms with Gasteiger partial charge in [0.1, 0.15) is 0 Å². The predicted molar refractivity (Wildman–Crippen MR) is 98.9 cm³/mol. The Balaban J connectivity index is 1.60. The van der Waals surface area contributed by atoms with Crippen LogP contribution in [0.4, 0.5) is 0 Å². The molecule has 1 saturated heterocycles. The van der Waals surface area contributed by atoms with Crippen LogP contribution in [0.3, 0.4) is 0 Å². The van der Waals surface area contributed by atoms with E-state index in [-0.39, 0.29) is 0 Å². The predicted octanol–water partition coefficient (Wildman–Crippen LogP) is 2.56. The van der Waals surface area contributed by atoms with Crippen LogP contribution in [-0.4, -0.2) is 62.1 Å². The van der Waals surface area contributed by atoms with Gasteiger partial charge in [-0.3, -0.25) is 4.99 Å². The number of likely N-dealkylation sites (tertiary alicyclic amines) is 1. The first-order valence-corrected chi connectivity index (χ1v) is 10.4. The smallest absolute Gasteiger partial charge is 0.191 e. The highest BCUT2D eigenvalue weighted by molar-refractivity contribution is 7.98. The van der Waals surface area contributed by atoms with Crippen LogP contribution < -0.4 is 10.6 Å². The molecule has 0 aromatic rings. The highest BCUT2D eigenvalue weighted by Gasteiger charge is 2.26. The monoisotopic (exact) mass is 326 g/mol. The molecule has 0 aromatic heterocycles. The Bertz CT molecular complexity index is 329. The van der Waals surface area contributed by atoms with Crippen LogP contribution in [0.1, 0.15) is 44.9 Å². The number of rotatable bonds is 8. The quantitative estimate of drug-likeness (QED) is 0.408. The Morgan fingerprint density at radius 2 is 2.05 bits per heavy atom. The molecule has 0 spiro atoms. The molecule has 0 radical (unpaired) electrons. The number of unbranched alkanes of at least 4 members (excludes halogenated alkanes) is 1. The van der Waals surface area contributed by atoms with Crippen molar-refractivity contribution in [1.82, 2.24) is 15.5 Å². The van der Waals surface area contributed by atoms with Crippen molar-refractivity contribution in [3.05, 3.63) is 0 Å². The minimum absolute atomic E-state index is 0.568. The first kappa shape index (κ1) is 17.9. The summed E-state index contributed by atoms with van der Waals surface area (Å²) in [6, 6.07) is 0.568. The summed E-state index contributed by atoms with van der Waals surface area (Å²) in [5.41, 5.74) is 0. The van der Waals surface area contributed by atoms with E-state index in [0.29, 0.717) is 6.04 Å². The lowest BCUT2D eigenvalue weighted by atomic mass is 10.1. The van der Waals surface area contributed by atoms with Crippen molar-refractivity contribution >= 4 is 17.7 Å². The molecule has 1 aliphatic carbocycles. The molecule has 2 aliphatic rings. The van der Waals surface area contributed by atoms with Crippen LogP contribution in [0.2, 0.25) is 0 Å². The summed E-state index contributed by atoms with van der Waals surface area (Å²) in [5, 5.41) is 7.06. The largest absolute Gasteiger partial charge is 0.356 e. The van der Waals surface area contributed by atoms with E-state index in [2.05, 4.69) is 26.8 Å². The average molecular weight is 327 g/mol. The van der Waals surface area contributed by atoms with Gasteiger partial charge in [-0.15, -0.1) is 0 Å². The highest BCUT2D eigenvalue weighted by atomic mass is 32.2. The summed E-state index contributed by atoms with van der Waals surface area (Å²) in [5.74, 6) is 3.21. The number of hydrogen-bond donors (Lipinski definition) is 2. The van der Waals surface area contributed by atoms with Crippen LogP contribution >= 0.6 is 11.8 Å². The maximum atomic E-state index is 4.37. The molecule has 1 unspecified atom stereocenters. The van der Waals surface area contributed by atoms with Gasteiger partial charge in [0.15, 0.2) is 5.96 Å². The zero-order valence-electron chi connectivity index (χ0n) is 14.4. The van der Waals surface area contributed by atoms with Gasteiger partial charge in [-0.05, 0) is 50.0 Å². The molecule has 5 heteroatoms. The number of thioether (sulfide) groups is 1. The standard InChI is InChI=1S/C17H34N4S/c1-18-17(19-10-5-6-12-22-2)20-16-9-11-21(14-16)13-15-7-3-4-8-15/h15-16H,3-14H2,1-2H3,(H2,18,19,20). The van der Waals surface area contributed by atoms with E-state index in [4.69, 9.17) is 0 Å². The Hall–Kier alpha value is -0.420. The fourth-order valence-electron chi connectivity index (χ4n) is 3.64. The maximum absolute atomic E-state index is 4.37. The van der Waals surface area contributed by atoms with Gasteiger partial charge < -0.3 is 15.5 Å². The molecule has 22 heavy (non-hydrogen) atoms. The molecule has 0 bridgehead atoms. The number of aliphatic imine (C=N–C) groups is 1. The fourth-order valence-corrected chi connectivity index (χ4v) is 4.13. The van der Waals surface area contributed by atoms with Crippen molar-refractivity contribution in [2.75, 3.05) is 45.2 Å². The summed E-state index contributed by atoms with van der Waals surface area (Å²) in [6.45, 7) is 4.78. The average Bonchev–Trinajstić information content (AvgIpc) is 3.18. The molecule has 2 rings (SSSR count). The van der Waals surface area contributed by atoms with E-state index in [1.54, 1.807) is 0 Å². The van der Waals surface area contributed by atoms with Crippen LogP contribution in [0, 0.1) is 5.92 Å². The maximum Gasteiger partial charge on any atom is 0.191 e. The molecule has 1 atom stereocenters. The SMILES string of the molecule is CN=C(NCCCCSC)NC1CCN(CC2CCCC2)C1. The van der Waals surface area contributed by atoms with Gasteiger partial charge in [0.25, 0.3) is 0 Å². The van der Waals surface area contributed by atoms with E-state index < -0.39 is 0 Å². The van der Waals surface area contributed by atoms with Crippen LogP contribution in [0.25, 0.3) is 0 Å². The number of nitrogens with one attached hydrogen (secondary N) is 2. The van der Waals surface area contributed by atoms with E-state index in [1.807, 2.05) is 18.8 Å². The number of nitrogens with zero attached hydrogens (tertiary/aromatic N) is 2. The highest BCUT2D eigenvalue weighted by Crippen LogP contribution is 2.26. The third-order valence-corrected chi connectivity index (χ3v) is 5.59. The van der Waals surface area contributed by atoms with E-state index in [9.17, 15) is 0 Å². The van der Waals surface area contributed by atoms with Gasteiger partial charge in [-0.2, -0.15) is 11.8 Å².